The number of nitrogens with one attached hydrogen (secondary N) is 2. The molecule has 1 atom stereocenters. The van der Waals surface area contributed by atoms with E-state index in [1.165, 1.54) is 0 Å². The lowest BCUT2D eigenvalue weighted by Gasteiger charge is -2.38. The lowest BCUT2D eigenvalue weighted by Crippen LogP contribution is -2.55. The zero-order valence-corrected chi connectivity index (χ0v) is 11.8. The van der Waals surface area contributed by atoms with Crippen LogP contribution in [0, 0.1) is 13.8 Å². The highest BCUT2D eigenvalue weighted by molar-refractivity contribution is 5.75. The van der Waals surface area contributed by atoms with E-state index in [1.807, 2.05) is 18.7 Å². The summed E-state index contributed by atoms with van der Waals surface area (Å²) >= 11 is 0. The van der Waals surface area contributed by atoms with Crippen molar-refractivity contribution in [3.05, 3.63) is 17.0 Å². The van der Waals surface area contributed by atoms with E-state index in [9.17, 15) is 4.79 Å². The highest BCUT2D eigenvalue weighted by Gasteiger charge is 2.33. The van der Waals surface area contributed by atoms with Gasteiger partial charge in [-0.05, 0) is 13.8 Å². The van der Waals surface area contributed by atoms with Crippen molar-refractivity contribution in [2.75, 3.05) is 33.0 Å². The van der Waals surface area contributed by atoms with Crippen LogP contribution in [0.15, 0.2) is 0 Å². The standard InChI is InChI=1S/C13H20N4O3/c1-8-12(9(2)16-15-8)11-7-19-4-3-17(11)13(18)14-10-5-20-6-10/h10-11H,3-7H2,1-2H3,(H,14,18)(H,15,16). The number of carbonyl (C=O) groups is 1. The van der Waals surface area contributed by atoms with Crippen LogP contribution >= 0.6 is 0 Å². The minimum Gasteiger partial charge on any atom is -0.377 e. The lowest BCUT2D eigenvalue weighted by atomic mass is 10.0. The molecule has 2 aliphatic heterocycles. The van der Waals surface area contributed by atoms with Gasteiger partial charge in [0.1, 0.15) is 0 Å². The number of hydrogen-bond acceptors (Lipinski definition) is 4. The van der Waals surface area contributed by atoms with Crippen molar-refractivity contribution in [3.8, 4) is 0 Å². The number of nitrogens with zero attached hydrogens (tertiary/aromatic N) is 2. The van der Waals surface area contributed by atoms with Gasteiger partial charge in [-0.1, -0.05) is 0 Å². The Morgan fingerprint density at radius 2 is 2.15 bits per heavy atom. The summed E-state index contributed by atoms with van der Waals surface area (Å²) < 4.78 is 10.6. The second-order valence-corrected chi connectivity index (χ2v) is 5.32. The van der Waals surface area contributed by atoms with E-state index >= 15 is 0 Å². The van der Waals surface area contributed by atoms with Gasteiger partial charge in [0, 0.05) is 17.8 Å². The molecule has 0 aromatic carbocycles. The fourth-order valence-corrected chi connectivity index (χ4v) is 2.71. The van der Waals surface area contributed by atoms with Gasteiger partial charge in [-0.25, -0.2) is 4.79 Å². The van der Waals surface area contributed by atoms with Crippen LogP contribution in [0.3, 0.4) is 0 Å². The maximum atomic E-state index is 12.4. The number of urea groups is 1. The SMILES string of the molecule is Cc1n[nH]c(C)c1C1COCCN1C(=O)NC1COC1. The van der Waals surface area contributed by atoms with Gasteiger partial charge in [-0.15, -0.1) is 0 Å². The van der Waals surface area contributed by atoms with E-state index in [0.29, 0.717) is 33.0 Å². The van der Waals surface area contributed by atoms with E-state index in [4.69, 9.17) is 9.47 Å². The molecule has 2 fully saturated rings. The van der Waals surface area contributed by atoms with Gasteiger partial charge < -0.3 is 19.7 Å². The van der Waals surface area contributed by atoms with Crippen molar-refractivity contribution in [1.82, 2.24) is 20.4 Å². The Balaban J connectivity index is 1.78. The molecule has 2 aliphatic rings. The Morgan fingerprint density at radius 1 is 1.35 bits per heavy atom. The maximum absolute atomic E-state index is 12.4. The highest BCUT2D eigenvalue weighted by atomic mass is 16.5. The topological polar surface area (TPSA) is 79.5 Å². The van der Waals surface area contributed by atoms with Gasteiger partial charge in [0.15, 0.2) is 0 Å². The third-order valence-corrected chi connectivity index (χ3v) is 3.87. The summed E-state index contributed by atoms with van der Waals surface area (Å²) in [6.45, 7) is 6.79. The van der Waals surface area contributed by atoms with Gasteiger partial charge >= 0.3 is 6.03 Å². The summed E-state index contributed by atoms with van der Waals surface area (Å²) in [6, 6.07) is 0.00707. The highest BCUT2D eigenvalue weighted by Crippen LogP contribution is 2.28. The fraction of sp³-hybridized carbons (Fsp3) is 0.692. The smallest absolute Gasteiger partial charge is 0.318 e. The Hall–Kier alpha value is -1.60. The normalized spacial score (nSPS) is 23.5. The molecule has 0 radical (unpaired) electrons. The van der Waals surface area contributed by atoms with Gasteiger partial charge in [0.2, 0.25) is 0 Å². The molecule has 3 heterocycles. The van der Waals surface area contributed by atoms with Crippen molar-refractivity contribution in [3.63, 3.8) is 0 Å². The molecule has 20 heavy (non-hydrogen) atoms. The molecule has 0 aliphatic carbocycles. The second kappa shape index (κ2) is 5.41. The molecule has 2 amide bonds. The minimum absolute atomic E-state index is 0.0494. The monoisotopic (exact) mass is 280 g/mol. The van der Waals surface area contributed by atoms with Crippen molar-refractivity contribution in [1.29, 1.82) is 0 Å². The number of aryl methyl sites for hydroxylation is 2. The average Bonchev–Trinajstić information content (AvgIpc) is 2.73. The van der Waals surface area contributed by atoms with Crippen molar-refractivity contribution < 1.29 is 14.3 Å². The molecule has 0 spiro atoms. The average molecular weight is 280 g/mol. The Labute approximate surface area is 117 Å². The lowest BCUT2D eigenvalue weighted by molar-refractivity contribution is -0.0137. The van der Waals surface area contributed by atoms with Crippen LogP contribution in [0.2, 0.25) is 0 Å². The van der Waals surface area contributed by atoms with Crippen molar-refractivity contribution >= 4 is 6.03 Å². The number of morpholine rings is 1. The van der Waals surface area contributed by atoms with Crippen LogP contribution < -0.4 is 5.32 Å². The number of H-pyrrole nitrogens is 1. The number of ether oxygens (including phenoxy) is 2. The molecule has 3 rings (SSSR count). The number of aromatic amines is 1. The second-order valence-electron chi connectivity index (χ2n) is 5.32. The molecule has 2 N–H and O–H groups in total. The van der Waals surface area contributed by atoms with Crippen LogP contribution in [0.1, 0.15) is 23.0 Å². The Kier molecular flexibility index (Phi) is 3.62. The maximum Gasteiger partial charge on any atom is 0.318 e. The first kappa shape index (κ1) is 13.4. The number of carbonyl (C=O) groups excluding carboxylic acids is 1. The number of rotatable bonds is 2. The van der Waals surface area contributed by atoms with Crippen molar-refractivity contribution in [2.45, 2.75) is 25.9 Å². The largest absolute Gasteiger partial charge is 0.377 e. The van der Waals surface area contributed by atoms with E-state index in [0.717, 1.165) is 17.0 Å². The summed E-state index contributed by atoms with van der Waals surface area (Å²) in [5.74, 6) is 0. The van der Waals surface area contributed by atoms with Crippen LogP contribution in [0.4, 0.5) is 4.79 Å². The molecule has 110 valence electrons. The van der Waals surface area contributed by atoms with Gasteiger partial charge in [0.25, 0.3) is 0 Å². The number of hydrogen-bond donors (Lipinski definition) is 2. The molecular weight excluding hydrogens is 260 g/mol. The molecule has 2 saturated heterocycles. The predicted octanol–water partition coefficient (Wildman–Crippen LogP) is 0.508. The van der Waals surface area contributed by atoms with Crippen LogP contribution in [0.5, 0.6) is 0 Å². The number of aromatic nitrogens is 2. The summed E-state index contributed by atoms with van der Waals surface area (Å²) in [7, 11) is 0. The molecular formula is C13H20N4O3. The zero-order valence-electron chi connectivity index (χ0n) is 11.8. The van der Waals surface area contributed by atoms with Crippen LogP contribution in [-0.2, 0) is 9.47 Å². The molecule has 1 unspecified atom stereocenters. The zero-order chi connectivity index (χ0) is 14.1. The van der Waals surface area contributed by atoms with Crippen LogP contribution in [0.25, 0.3) is 0 Å². The van der Waals surface area contributed by atoms with Gasteiger partial charge in [0.05, 0.1) is 44.2 Å². The first-order valence-electron chi connectivity index (χ1n) is 6.91. The van der Waals surface area contributed by atoms with E-state index in [1.54, 1.807) is 0 Å². The summed E-state index contributed by atoms with van der Waals surface area (Å²) in [5, 5.41) is 10.2. The minimum atomic E-state index is -0.0801. The molecule has 1 aromatic rings. The van der Waals surface area contributed by atoms with Gasteiger partial charge in [-0.2, -0.15) is 5.10 Å². The number of amides is 2. The summed E-state index contributed by atoms with van der Waals surface area (Å²) in [6.07, 6.45) is 0. The molecule has 0 saturated carbocycles. The molecule has 7 heteroatoms. The first-order chi connectivity index (χ1) is 9.66. The summed E-state index contributed by atoms with van der Waals surface area (Å²) in [5.41, 5.74) is 2.97. The molecule has 0 bridgehead atoms. The van der Waals surface area contributed by atoms with E-state index < -0.39 is 0 Å². The van der Waals surface area contributed by atoms with E-state index in [2.05, 4.69) is 15.5 Å². The quantitative estimate of drug-likeness (QED) is 0.827. The van der Waals surface area contributed by atoms with E-state index in [-0.39, 0.29) is 18.1 Å². The Morgan fingerprint density at radius 3 is 2.75 bits per heavy atom. The first-order valence-corrected chi connectivity index (χ1v) is 6.91. The third-order valence-electron chi connectivity index (χ3n) is 3.87. The molecule has 7 nitrogen and oxygen atoms in total. The predicted molar refractivity (Wildman–Crippen MR) is 71.5 cm³/mol. The van der Waals surface area contributed by atoms with Crippen LogP contribution in [-0.4, -0.2) is 60.1 Å². The third kappa shape index (κ3) is 2.38. The fourth-order valence-electron chi connectivity index (χ4n) is 2.71. The summed E-state index contributed by atoms with van der Waals surface area (Å²) in [4.78, 5) is 14.2. The molecule has 1 aromatic heterocycles. The van der Waals surface area contributed by atoms with Gasteiger partial charge in [-0.3, -0.25) is 5.10 Å². The van der Waals surface area contributed by atoms with Crippen molar-refractivity contribution in [2.24, 2.45) is 0 Å². The Bertz CT molecular complexity index is 478.